The second-order valence-corrected chi connectivity index (χ2v) is 11.2. The van der Waals surface area contributed by atoms with Gasteiger partial charge in [0.05, 0.1) is 6.33 Å². The maximum atomic E-state index is 13.4. The van der Waals surface area contributed by atoms with Gasteiger partial charge in [0.25, 0.3) is 10.0 Å². The van der Waals surface area contributed by atoms with E-state index in [1.54, 1.807) is 11.6 Å². The van der Waals surface area contributed by atoms with Gasteiger partial charge in [-0.2, -0.15) is 4.31 Å². The number of sulfonamides is 1. The molecule has 11 heteroatoms. The highest BCUT2D eigenvalue weighted by atomic mass is 32.2. The van der Waals surface area contributed by atoms with Gasteiger partial charge in [0.2, 0.25) is 11.8 Å². The lowest BCUT2D eigenvalue weighted by atomic mass is 9.97. The minimum absolute atomic E-state index is 0.0201. The molecule has 0 aromatic carbocycles. The fourth-order valence-corrected chi connectivity index (χ4v) is 6.43. The van der Waals surface area contributed by atoms with Gasteiger partial charge in [-0.05, 0) is 32.1 Å². The van der Waals surface area contributed by atoms with Gasteiger partial charge in [0.1, 0.15) is 0 Å². The highest BCUT2D eigenvalue weighted by Gasteiger charge is 2.31. The zero-order valence-corrected chi connectivity index (χ0v) is 21.6. The molecule has 2 saturated heterocycles. The summed E-state index contributed by atoms with van der Waals surface area (Å²) in [6, 6.07) is 0.567. The van der Waals surface area contributed by atoms with E-state index in [4.69, 9.17) is 0 Å². The van der Waals surface area contributed by atoms with Crippen LogP contribution in [0.3, 0.4) is 0 Å². The van der Waals surface area contributed by atoms with E-state index in [2.05, 4.69) is 29.0 Å². The highest BCUT2D eigenvalue weighted by molar-refractivity contribution is 7.89. The third kappa shape index (κ3) is 6.57. The Morgan fingerprint density at radius 1 is 1.12 bits per heavy atom. The first-order valence-corrected chi connectivity index (χ1v) is 14.0. The molecule has 0 radical (unpaired) electrons. The average molecular weight is 497 g/mol. The van der Waals surface area contributed by atoms with Crippen molar-refractivity contribution in [3.8, 4) is 0 Å². The van der Waals surface area contributed by atoms with Crippen molar-refractivity contribution in [2.75, 3.05) is 45.8 Å². The Bertz CT molecular complexity index is 922. The minimum Gasteiger partial charge on any atom is -0.356 e. The smallest absolute Gasteiger partial charge is 0.262 e. The molecule has 0 aliphatic carbocycles. The summed E-state index contributed by atoms with van der Waals surface area (Å²) in [4.78, 5) is 34.1. The molecule has 3 heterocycles. The fourth-order valence-electron chi connectivity index (χ4n) is 4.98. The molecule has 2 aliphatic rings. The van der Waals surface area contributed by atoms with Crippen molar-refractivity contribution < 1.29 is 18.0 Å². The Kier molecular flexibility index (Phi) is 9.49. The molecule has 0 saturated carbocycles. The molecular weight excluding hydrogens is 456 g/mol. The monoisotopic (exact) mass is 496 g/mol. The van der Waals surface area contributed by atoms with Crippen LogP contribution in [-0.4, -0.2) is 95.7 Å². The topological polar surface area (TPSA) is 108 Å². The molecule has 1 aromatic rings. The van der Waals surface area contributed by atoms with Crippen LogP contribution >= 0.6 is 0 Å². The number of carbonyl (C=O) groups excluding carboxylic acids is 2. The molecule has 2 aliphatic heterocycles. The molecular formula is C23H40N6O4S. The third-order valence-corrected chi connectivity index (χ3v) is 8.87. The van der Waals surface area contributed by atoms with E-state index in [1.165, 1.54) is 16.8 Å². The summed E-state index contributed by atoms with van der Waals surface area (Å²) < 4.78 is 29.1. The standard InChI is InChI=1S/C23H40N6O4S/c1-4-20(5-2)27-13-15-28(16-14-27)23(31)19-7-6-11-29(12-9-21(30)24-10-8-19)34(32,33)22-17-26(3)18-25-22/h17-20H,4-16H2,1-3H3,(H,24,30). The first-order chi connectivity index (χ1) is 16.3. The first-order valence-electron chi connectivity index (χ1n) is 12.5. The molecule has 1 aromatic heterocycles. The van der Waals surface area contributed by atoms with Crippen molar-refractivity contribution in [1.29, 1.82) is 0 Å². The second-order valence-electron chi connectivity index (χ2n) is 9.34. The summed E-state index contributed by atoms with van der Waals surface area (Å²) in [5.74, 6) is -0.303. The van der Waals surface area contributed by atoms with E-state index >= 15 is 0 Å². The summed E-state index contributed by atoms with van der Waals surface area (Å²) in [5.41, 5.74) is 0. The van der Waals surface area contributed by atoms with Crippen LogP contribution in [0.2, 0.25) is 0 Å². The lowest BCUT2D eigenvalue weighted by Gasteiger charge is -2.40. The maximum absolute atomic E-state index is 13.4. The van der Waals surface area contributed by atoms with Gasteiger partial charge in [-0.25, -0.2) is 13.4 Å². The van der Waals surface area contributed by atoms with Crippen LogP contribution in [0, 0.1) is 5.92 Å². The zero-order chi connectivity index (χ0) is 24.7. The fraction of sp³-hybridized carbons (Fsp3) is 0.783. The molecule has 10 nitrogen and oxygen atoms in total. The largest absolute Gasteiger partial charge is 0.356 e. The summed E-state index contributed by atoms with van der Waals surface area (Å²) in [6.45, 7) is 8.42. The number of hydrogen-bond acceptors (Lipinski definition) is 6. The summed E-state index contributed by atoms with van der Waals surface area (Å²) in [5, 5.41) is 2.84. The van der Waals surface area contributed by atoms with Gasteiger partial charge in [0, 0.05) is 77.4 Å². The van der Waals surface area contributed by atoms with Crippen LogP contribution < -0.4 is 5.32 Å². The number of hydrogen-bond donors (Lipinski definition) is 1. The molecule has 2 amide bonds. The number of nitrogens with one attached hydrogen (secondary N) is 1. The molecule has 1 N–H and O–H groups in total. The van der Waals surface area contributed by atoms with Crippen LogP contribution in [0.15, 0.2) is 17.6 Å². The van der Waals surface area contributed by atoms with Crippen LogP contribution in [-0.2, 0) is 26.7 Å². The zero-order valence-electron chi connectivity index (χ0n) is 20.8. The molecule has 192 valence electrons. The van der Waals surface area contributed by atoms with E-state index < -0.39 is 10.0 Å². The van der Waals surface area contributed by atoms with Crippen molar-refractivity contribution in [3.63, 3.8) is 0 Å². The average Bonchev–Trinajstić information content (AvgIpc) is 3.26. The predicted molar refractivity (Wildman–Crippen MR) is 129 cm³/mol. The molecule has 1 unspecified atom stereocenters. The summed E-state index contributed by atoms with van der Waals surface area (Å²) in [6.07, 6.45) is 6.96. The second kappa shape index (κ2) is 12.1. The number of amides is 2. The molecule has 1 atom stereocenters. The molecule has 34 heavy (non-hydrogen) atoms. The van der Waals surface area contributed by atoms with Gasteiger partial charge in [-0.3, -0.25) is 14.5 Å². The SMILES string of the molecule is CCC(CC)N1CCN(C(=O)C2CCCN(S(=O)(=O)c3cn(C)cn3)CCC(=O)NCC2)CC1. The van der Waals surface area contributed by atoms with Crippen LogP contribution in [0.25, 0.3) is 0 Å². The van der Waals surface area contributed by atoms with Gasteiger partial charge >= 0.3 is 0 Å². The minimum atomic E-state index is -3.80. The summed E-state index contributed by atoms with van der Waals surface area (Å²) >= 11 is 0. The number of aromatic nitrogens is 2. The molecule has 2 fully saturated rings. The van der Waals surface area contributed by atoms with Crippen molar-refractivity contribution in [1.82, 2.24) is 29.0 Å². The van der Waals surface area contributed by atoms with Crippen molar-refractivity contribution in [2.24, 2.45) is 13.0 Å². The first kappa shape index (κ1) is 26.6. The molecule has 3 rings (SSSR count). The normalized spacial score (nSPS) is 22.4. The molecule has 0 bridgehead atoms. The number of nitrogens with zero attached hydrogens (tertiary/aromatic N) is 5. The number of imidazole rings is 1. The highest BCUT2D eigenvalue weighted by Crippen LogP contribution is 2.21. The van der Waals surface area contributed by atoms with Crippen molar-refractivity contribution in [3.05, 3.63) is 12.5 Å². The maximum Gasteiger partial charge on any atom is 0.262 e. The Labute approximate surface area is 203 Å². The Hall–Kier alpha value is -1.98. The Morgan fingerprint density at radius 3 is 2.44 bits per heavy atom. The van der Waals surface area contributed by atoms with E-state index in [1.807, 2.05) is 4.90 Å². The quantitative estimate of drug-likeness (QED) is 0.631. The van der Waals surface area contributed by atoms with Crippen LogP contribution in [0.1, 0.15) is 52.4 Å². The molecule has 0 spiro atoms. The number of carbonyl (C=O) groups is 2. The lowest BCUT2D eigenvalue weighted by Crippen LogP contribution is -2.53. The van der Waals surface area contributed by atoms with E-state index in [0.717, 1.165) is 39.0 Å². The van der Waals surface area contributed by atoms with E-state index in [-0.39, 0.29) is 42.3 Å². The Balaban J connectivity index is 1.64. The third-order valence-electron chi connectivity index (χ3n) is 7.08. The Morgan fingerprint density at radius 2 is 1.82 bits per heavy atom. The number of aryl methyl sites for hydroxylation is 1. The van der Waals surface area contributed by atoms with Gasteiger partial charge in [0.15, 0.2) is 5.03 Å². The lowest BCUT2D eigenvalue weighted by molar-refractivity contribution is -0.138. The van der Waals surface area contributed by atoms with Gasteiger partial charge in [-0.15, -0.1) is 0 Å². The number of piperazine rings is 1. The van der Waals surface area contributed by atoms with Crippen molar-refractivity contribution in [2.45, 2.75) is 63.4 Å². The van der Waals surface area contributed by atoms with E-state index in [9.17, 15) is 18.0 Å². The van der Waals surface area contributed by atoms with Gasteiger partial charge < -0.3 is 14.8 Å². The summed E-state index contributed by atoms with van der Waals surface area (Å²) in [7, 11) is -2.09. The van der Waals surface area contributed by atoms with E-state index in [0.29, 0.717) is 31.8 Å². The van der Waals surface area contributed by atoms with Crippen LogP contribution in [0.5, 0.6) is 0 Å². The van der Waals surface area contributed by atoms with Crippen LogP contribution in [0.4, 0.5) is 0 Å². The predicted octanol–water partition coefficient (Wildman–Crippen LogP) is 1.05. The van der Waals surface area contributed by atoms with Gasteiger partial charge in [-0.1, -0.05) is 13.8 Å². The number of rotatable bonds is 6. The van der Waals surface area contributed by atoms with Crippen molar-refractivity contribution >= 4 is 21.8 Å².